The molecule has 0 atom stereocenters. The lowest BCUT2D eigenvalue weighted by atomic mass is 10.1. The lowest BCUT2D eigenvalue weighted by Crippen LogP contribution is -2.43. The van der Waals surface area contributed by atoms with Crippen LogP contribution in [0.4, 0.5) is 4.79 Å². The van der Waals surface area contributed by atoms with Crippen molar-refractivity contribution in [2.24, 2.45) is 5.16 Å². The van der Waals surface area contributed by atoms with E-state index in [2.05, 4.69) is 24.2 Å². The van der Waals surface area contributed by atoms with Crippen LogP contribution >= 0.6 is 11.3 Å². The van der Waals surface area contributed by atoms with Gasteiger partial charge >= 0.3 is 6.09 Å². The molecule has 1 aliphatic heterocycles. The van der Waals surface area contributed by atoms with Crippen molar-refractivity contribution in [3.8, 4) is 0 Å². The van der Waals surface area contributed by atoms with Gasteiger partial charge in [-0.2, -0.15) is 0 Å². The largest absolute Gasteiger partial charge is 0.444 e. The van der Waals surface area contributed by atoms with Crippen LogP contribution in [0, 0.1) is 6.92 Å². The van der Waals surface area contributed by atoms with Crippen molar-refractivity contribution in [1.82, 2.24) is 4.90 Å². The van der Waals surface area contributed by atoms with Crippen LogP contribution < -0.4 is 0 Å². The smallest absolute Gasteiger partial charge is 0.410 e. The van der Waals surface area contributed by atoms with E-state index in [9.17, 15) is 4.79 Å². The van der Waals surface area contributed by atoms with Gasteiger partial charge in [0.2, 0.25) is 0 Å². The van der Waals surface area contributed by atoms with Crippen LogP contribution in [-0.4, -0.2) is 54.7 Å². The van der Waals surface area contributed by atoms with Crippen molar-refractivity contribution in [2.75, 3.05) is 26.3 Å². The highest BCUT2D eigenvalue weighted by atomic mass is 32.1. The van der Waals surface area contributed by atoms with Crippen LogP contribution in [0.5, 0.6) is 0 Å². The number of aryl methyl sites for hydroxylation is 1. The van der Waals surface area contributed by atoms with Gasteiger partial charge in [-0.15, -0.1) is 11.3 Å². The minimum Gasteiger partial charge on any atom is -0.444 e. The zero-order chi connectivity index (χ0) is 19.2. The number of thiophene rings is 1. The molecule has 1 amide bonds. The van der Waals surface area contributed by atoms with Crippen molar-refractivity contribution in [3.05, 3.63) is 21.9 Å². The first kappa shape index (κ1) is 20.7. The molecule has 1 aromatic heterocycles. The number of carbonyl (C=O) groups is 1. The van der Waals surface area contributed by atoms with E-state index in [1.807, 2.05) is 27.7 Å². The van der Waals surface area contributed by atoms with E-state index in [4.69, 9.17) is 14.3 Å². The fourth-order valence-corrected chi connectivity index (χ4v) is 3.40. The highest BCUT2D eigenvalue weighted by molar-refractivity contribution is 7.14. The lowest BCUT2D eigenvalue weighted by molar-refractivity contribution is -0.0287. The summed E-state index contributed by atoms with van der Waals surface area (Å²) in [5.74, 6) is 0. The number of hydrogen-bond donors (Lipinski definition) is 0. The van der Waals surface area contributed by atoms with Crippen LogP contribution in [0.3, 0.4) is 0 Å². The van der Waals surface area contributed by atoms with Gasteiger partial charge in [-0.3, -0.25) is 0 Å². The Labute approximate surface area is 160 Å². The first-order valence-corrected chi connectivity index (χ1v) is 9.89. The molecular weight excluding hydrogens is 352 g/mol. The molecule has 0 saturated carbocycles. The predicted octanol–water partition coefficient (Wildman–Crippen LogP) is 4.21. The number of hydrogen-bond acceptors (Lipinski definition) is 6. The molecule has 0 radical (unpaired) electrons. The Hall–Kier alpha value is -1.60. The van der Waals surface area contributed by atoms with Crippen molar-refractivity contribution >= 4 is 23.1 Å². The molecule has 1 aliphatic rings. The fourth-order valence-electron chi connectivity index (χ4n) is 2.60. The first-order chi connectivity index (χ1) is 12.2. The highest BCUT2D eigenvalue weighted by Crippen LogP contribution is 2.18. The molecular formula is C19H30N2O4S. The van der Waals surface area contributed by atoms with Gasteiger partial charge < -0.3 is 19.2 Å². The second-order valence-corrected chi connectivity index (χ2v) is 8.75. The van der Waals surface area contributed by atoms with E-state index < -0.39 is 5.60 Å². The molecule has 1 saturated heterocycles. The Morgan fingerprint density at radius 3 is 2.54 bits per heavy atom. The second-order valence-electron chi connectivity index (χ2n) is 7.46. The fraction of sp³-hybridized carbons (Fsp3) is 0.684. The molecule has 26 heavy (non-hydrogen) atoms. The lowest BCUT2D eigenvalue weighted by Gasteiger charge is -2.33. The highest BCUT2D eigenvalue weighted by Gasteiger charge is 2.27. The number of amides is 1. The van der Waals surface area contributed by atoms with Gasteiger partial charge in [0.15, 0.2) is 0 Å². The average molecular weight is 383 g/mol. The summed E-state index contributed by atoms with van der Waals surface area (Å²) in [7, 11) is 0. The maximum absolute atomic E-state index is 12.0. The maximum Gasteiger partial charge on any atom is 0.410 e. The summed E-state index contributed by atoms with van der Waals surface area (Å²) in [5.41, 5.74) is 0.427. The second kappa shape index (κ2) is 9.37. The van der Waals surface area contributed by atoms with Crippen LogP contribution in [0.15, 0.2) is 17.3 Å². The third kappa shape index (κ3) is 6.96. The SMILES string of the molecule is C/C(=N/OCCOC1CCN(C(=O)OC(C)(C)C)CC1)c1ccc(C)s1. The van der Waals surface area contributed by atoms with Crippen molar-refractivity contribution in [2.45, 2.75) is 59.2 Å². The molecule has 0 unspecified atom stereocenters. The molecule has 0 bridgehead atoms. The molecule has 7 heteroatoms. The zero-order valence-electron chi connectivity index (χ0n) is 16.4. The zero-order valence-corrected chi connectivity index (χ0v) is 17.2. The molecule has 2 rings (SSSR count). The monoisotopic (exact) mass is 382 g/mol. The molecule has 1 fully saturated rings. The Morgan fingerprint density at radius 2 is 1.96 bits per heavy atom. The number of nitrogens with zero attached hydrogens (tertiary/aromatic N) is 2. The van der Waals surface area contributed by atoms with E-state index in [1.54, 1.807) is 16.2 Å². The number of rotatable bonds is 6. The number of oxime groups is 1. The summed E-state index contributed by atoms with van der Waals surface area (Å²) >= 11 is 1.70. The maximum atomic E-state index is 12.0. The number of piperidine rings is 1. The molecule has 0 spiro atoms. The Kier molecular flexibility index (Phi) is 7.46. The van der Waals surface area contributed by atoms with Gasteiger partial charge in [0, 0.05) is 18.0 Å². The minimum absolute atomic E-state index is 0.155. The molecule has 0 aliphatic carbocycles. The standard InChI is InChI=1S/C19H30N2O4S/c1-14-6-7-17(26-14)15(2)20-24-13-12-23-16-8-10-21(11-9-16)18(22)25-19(3,4)5/h6-7,16H,8-13H2,1-5H3/b20-15-. The molecule has 0 aromatic carbocycles. The van der Waals surface area contributed by atoms with Crippen molar-refractivity contribution in [3.63, 3.8) is 0 Å². The third-order valence-electron chi connectivity index (χ3n) is 3.92. The summed E-state index contributed by atoms with van der Waals surface area (Å²) in [6.07, 6.45) is 1.54. The summed E-state index contributed by atoms with van der Waals surface area (Å²) in [6, 6.07) is 4.13. The predicted molar refractivity (Wildman–Crippen MR) is 104 cm³/mol. The summed E-state index contributed by atoms with van der Waals surface area (Å²) in [5, 5.41) is 4.14. The van der Waals surface area contributed by atoms with Gasteiger partial charge in [-0.25, -0.2) is 4.79 Å². The Bertz CT molecular complexity index is 613. The molecule has 1 aromatic rings. The van der Waals surface area contributed by atoms with E-state index in [0.29, 0.717) is 26.3 Å². The van der Waals surface area contributed by atoms with Gasteiger partial charge in [-0.1, -0.05) is 5.16 Å². The Balaban J connectivity index is 1.61. The molecule has 0 N–H and O–H groups in total. The van der Waals surface area contributed by atoms with Gasteiger partial charge in [0.05, 0.1) is 23.3 Å². The van der Waals surface area contributed by atoms with Crippen LogP contribution in [0.25, 0.3) is 0 Å². The summed E-state index contributed by atoms with van der Waals surface area (Å²) in [4.78, 5) is 21.5. The van der Waals surface area contributed by atoms with E-state index in [-0.39, 0.29) is 12.2 Å². The quantitative estimate of drug-likeness (QED) is 0.420. The normalized spacial score (nSPS) is 16.7. The van der Waals surface area contributed by atoms with Crippen molar-refractivity contribution < 1.29 is 19.1 Å². The summed E-state index contributed by atoms with van der Waals surface area (Å²) < 4.78 is 11.2. The minimum atomic E-state index is -0.456. The van der Waals surface area contributed by atoms with E-state index >= 15 is 0 Å². The van der Waals surface area contributed by atoms with Gasteiger partial charge in [-0.05, 0) is 59.6 Å². The number of carbonyl (C=O) groups excluding carboxylic acids is 1. The van der Waals surface area contributed by atoms with Gasteiger partial charge in [0.25, 0.3) is 0 Å². The number of ether oxygens (including phenoxy) is 2. The molecule has 146 valence electrons. The van der Waals surface area contributed by atoms with E-state index in [1.165, 1.54) is 4.88 Å². The number of likely N-dealkylation sites (tertiary alicyclic amines) is 1. The third-order valence-corrected chi connectivity index (χ3v) is 5.03. The molecule has 6 nitrogen and oxygen atoms in total. The topological polar surface area (TPSA) is 60.4 Å². The molecule has 2 heterocycles. The van der Waals surface area contributed by atoms with Crippen LogP contribution in [0.1, 0.15) is 50.3 Å². The van der Waals surface area contributed by atoms with Crippen LogP contribution in [-0.2, 0) is 14.3 Å². The van der Waals surface area contributed by atoms with Gasteiger partial charge in [0.1, 0.15) is 12.2 Å². The van der Waals surface area contributed by atoms with E-state index in [0.717, 1.165) is 23.4 Å². The first-order valence-electron chi connectivity index (χ1n) is 9.07. The Morgan fingerprint density at radius 1 is 1.27 bits per heavy atom. The average Bonchev–Trinajstić information content (AvgIpc) is 3.00. The summed E-state index contributed by atoms with van der Waals surface area (Å²) in [6.45, 7) is 11.9. The van der Waals surface area contributed by atoms with Crippen LogP contribution in [0.2, 0.25) is 0 Å². The van der Waals surface area contributed by atoms with Crippen molar-refractivity contribution in [1.29, 1.82) is 0 Å².